The van der Waals surface area contributed by atoms with Gasteiger partial charge >= 0.3 is 6.09 Å². The molecule has 0 unspecified atom stereocenters. The van der Waals surface area contributed by atoms with Crippen LogP contribution < -0.4 is 4.90 Å². The molecule has 0 saturated heterocycles. The van der Waals surface area contributed by atoms with Crippen LogP contribution in [0.2, 0.25) is 0 Å². The van der Waals surface area contributed by atoms with Crippen LogP contribution >= 0.6 is 0 Å². The van der Waals surface area contributed by atoms with Gasteiger partial charge in [-0.15, -0.1) is 0 Å². The lowest BCUT2D eigenvalue weighted by Crippen LogP contribution is -2.34. The maximum atomic E-state index is 12.3. The van der Waals surface area contributed by atoms with Gasteiger partial charge in [0.05, 0.1) is 5.69 Å². The molecule has 0 radical (unpaired) electrons. The number of rotatable bonds is 0. The van der Waals surface area contributed by atoms with Crippen LogP contribution in [0.15, 0.2) is 29.3 Å². The van der Waals surface area contributed by atoms with E-state index in [4.69, 9.17) is 4.74 Å². The molecule has 0 aliphatic carbocycles. The Morgan fingerprint density at radius 2 is 1.81 bits per heavy atom. The minimum absolute atomic E-state index is 0.0740. The van der Waals surface area contributed by atoms with Gasteiger partial charge in [0, 0.05) is 12.5 Å². The highest BCUT2D eigenvalue weighted by atomic mass is 16.6. The van der Waals surface area contributed by atoms with Gasteiger partial charge in [0.1, 0.15) is 11.3 Å². The van der Waals surface area contributed by atoms with Crippen LogP contribution in [0.3, 0.4) is 0 Å². The van der Waals surface area contributed by atoms with Crippen LogP contribution in [0, 0.1) is 0 Å². The van der Waals surface area contributed by atoms with Gasteiger partial charge in [-0.3, -0.25) is 9.59 Å². The van der Waals surface area contributed by atoms with E-state index in [1.165, 1.54) is 6.92 Å². The number of benzene rings is 1. The van der Waals surface area contributed by atoms with Gasteiger partial charge < -0.3 is 4.74 Å². The Labute approximate surface area is 122 Å². The number of hydrogen-bond acceptors (Lipinski definition) is 4. The van der Waals surface area contributed by atoms with E-state index in [0.29, 0.717) is 11.3 Å². The molecule has 110 valence electrons. The number of amides is 3. The number of carbonyl (C=O) groups is 3. The minimum atomic E-state index is -0.856. The SMILES string of the molecule is CC(=O)N1C(=O)/C(=N\C(=O)OC(C)(C)C)c2ccccc21. The van der Waals surface area contributed by atoms with Gasteiger partial charge in [-0.25, -0.2) is 9.69 Å². The van der Waals surface area contributed by atoms with Gasteiger partial charge in [0.25, 0.3) is 5.91 Å². The average Bonchev–Trinajstić information content (AvgIpc) is 2.60. The van der Waals surface area contributed by atoms with Crippen molar-refractivity contribution in [3.63, 3.8) is 0 Å². The van der Waals surface area contributed by atoms with Crippen LogP contribution in [-0.4, -0.2) is 29.2 Å². The summed E-state index contributed by atoms with van der Waals surface area (Å²) in [5, 5.41) is 0. The highest BCUT2D eigenvalue weighted by Gasteiger charge is 2.37. The van der Waals surface area contributed by atoms with Gasteiger partial charge in [0.15, 0.2) is 0 Å². The first kappa shape index (κ1) is 14.9. The quantitative estimate of drug-likeness (QED) is 0.734. The third-order valence-corrected chi connectivity index (χ3v) is 2.72. The van der Waals surface area contributed by atoms with Gasteiger partial charge in [0.2, 0.25) is 5.91 Å². The molecule has 2 rings (SSSR count). The first-order valence-electron chi connectivity index (χ1n) is 6.47. The summed E-state index contributed by atoms with van der Waals surface area (Å²) in [6.07, 6.45) is -0.856. The van der Waals surface area contributed by atoms with Crippen molar-refractivity contribution in [2.24, 2.45) is 4.99 Å². The van der Waals surface area contributed by atoms with E-state index in [0.717, 1.165) is 4.90 Å². The molecule has 1 aromatic rings. The maximum Gasteiger partial charge on any atom is 0.434 e. The molecule has 0 saturated carbocycles. The number of carbonyl (C=O) groups excluding carboxylic acids is 3. The van der Waals surface area contributed by atoms with Crippen molar-refractivity contribution in [2.45, 2.75) is 33.3 Å². The Kier molecular flexibility index (Phi) is 3.63. The first-order chi connectivity index (χ1) is 9.70. The lowest BCUT2D eigenvalue weighted by Gasteiger charge is -2.17. The van der Waals surface area contributed by atoms with Crippen LogP contribution in [-0.2, 0) is 14.3 Å². The molecule has 21 heavy (non-hydrogen) atoms. The summed E-state index contributed by atoms with van der Waals surface area (Å²) >= 11 is 0. The number of anilines is 1. The van der Waals surface area contributed by atoms with Crippen LogP contribution in [0.5, 0.6) is 0 Å². The van der Waals surface area contributed by atoms with Crippen molar-refractivity contribution in [1.29, 1.82) is 0 Å². The molecule has 6 heteroatoms. The van der Waals surface area contributed by atoms with Crippen LogP contribution in [0.1, 0.15) is 33.3 Å². The summed E-state index contributed by atoms with van der Waals surface area (Å²) in [7, 11) is 0. The number of para-hydroxylation sites is 1. The Hall–Kier alpha value is -2.50. The molecule has 6 nitrogen and oxygen atoms in total. The Morgan fingerprint density at radius 3 is 2.38 bits per heavy atom. The summed E-state index contributed by atoms with van der Waals surface area (Å²) in [4.78, 5) is 40.4. The number of nitrogens with zero attached hydrogens (tertiary/aromatic N) is 2. The van der Waals surface area contributed by atoms with Crippen molar-refractivity contribution in [3.8, 4) is 0 Å². The topological polar surface area (TPSA) is 76.0 Å². The predicted octanol–water partition coefficient (Wildman–Crippen LogP) is 2.30. The third-order valence-electron chi connectivity index (χ3n) is 2.72. The third kappa shape index (κ3) is 2.99. The number of fused-ring (bicyclic) bond motifs is 1. The second-order valence-corrected chi connectivity index (χ2v) is 5.62. The van der Waals surface area contributed by atoms with Gasteiger partial charge in [-0.1, -0.05) is 18.2 Å². The number of ether oxygens (including phenoxy) is 1. The van der Waals surface area contributed by atoms with E-state index in [2.05, 4.69) is 4.99 Å². The molecule has 1 aliphatic rings. The smallest absolute Gasteiger partial charge is 0.434 e. The molecular formula is C15H16N2O4. The summed E-state index contributed by atoms with van der Waals surface area (Å²) in [5.41, 5.74) is 0.0960. The summed E-state index contributed by atoms with van der Waals surface area (Å²) in [6, 6.07) is 6.68. The molecule has 0 fully saturated rings. The lowest BCUT2D eigenvalue weighted by molar-refractivity contribution is -0.121. The van der Waals surface area contributed by atoms with Crippen LogP contribution in [0.25, 0.3) is 0 Å². The highest BCUT2D eigenvalue weighted by Crippen LogP contribution is 2.29. The average molecular weight is 288 g/mol. The standard InChI is InChI=1S/C15H16N2O4/c1-9(18)17-11-8-6-5-7-10(11)12(13(17)19)16-14(20)21-15(2,3)4/h5-8H,1-4H3/b16-12-. The molecule has 0 bridgehead atoms. The van der Waals surface area contributed by atoms with Crippen molar-refractivity contribution in [2.75, 3.05) is 4.90 Å². The molecular weight excluding hydrogens is 272 g/mol. The zero-order chi connectivity index (χ0) is 15.8. The Morgan fingerprint density at radius 1 is 1.19 bits per heavy atom. The molecule has 1 aromatic carbocycles. The zero-order valence-corrected chi connectivity index (χ0v) is 12.3. The molecule has 0 aromatic heterocycles. The predicted molar refractivity (Wildman–Crippen MR) is 77.4 cm³/mol. The molecule has 1 heterocycles. The highest BCUT2D eigenvalue weighted by molar-refractivity contribution is 6.58. The van der Waals surface area contributed by atoms with Crippen molar-refractivity contribution >= 4 is 29.3 Å². The molecule has 0 N–H and O–H groups in total. The van der Waals surface area contributed by atoms with E-state index < -0.39 is 23.5 Å². The molecule has 0 spiro atoms. The van der Waals surface area contributed by atoms with Gasteiger partial charge in [-0.05, 0) is 26.8 Å². The first-order valence-corrected chi connectivity index (χ1v) is 6.47. The molecule has 0 atom stereocenters. The lowest BCUT2D eigenvalue weighted by atomic mass is 10.1. The molecule has 1 aliphatic heterocycles. The Bertz CT molecular complexity index is 656. The normalized spacial score (nSPS) is 16.1. The van der Waals surface area contributed by atoms with E-state index >= 15 is 0 Å². The number of aliphatic imine (C=N–C) groups is 1. The number of imide groups is 1. The van der Waals surface area contributed by atoms with E-state index in [1.807, 2.05) is 0 Å². The van der Waals surface area contributed by atoms with E-state index in [-0.39, 0.29) is 5.71 Å². The van der Waals surface area contributed by atoms with Crippen LogP contribution in [0.4, 0.5) is 10.5 Å². The fraction of sp³-hybridized carbons (Fsp3) is 0.333. The van der Waals surface area contributed by atoms with E-state index in [9.17, 15) is 14.4 Å². The van der Waals surface area contributed by atoms with Crippen molar-refractivity contribution in [3.05, 3.63) is 29.8 Å². The minimum Gasteiger partial charge on any atom is -0.442 e. The monoisotopic (exact) mass is 288 g/mol. The van der Waals surface area contributed by atoms with E-state index in [1.54, 1.807) is 45.0 Å². The second-order valence-electron chi connectivity index (χ2n) is 5.62. The summed E-state index contributed by atoms with van der Waals surface area (Å²) < 4.78 is 5.08. The fourth-order valence-electron chi connectivity index (χ4n) is 2.00. The number of hydrogen-bond donors (Lipinski definition) is 0. The largest absolute Gasteiger partial charge is 0.442 e. The second kappa shape index (κ2) is 5.12. The van der Waals surface area contributed by atoms with Crippen molar-refractivity contribution in [1.82, 2.24) is 0 Å². The zero-order valence-electron chi connectivity index (χ0n) is 12.3. The van der Waals surface area contributed by atoms with Gasteiger partial charge in [-0.2, -0.15) is 4.99 Å². The Balaban J connectivity index is 2.44. The van der Waals surface area contributed by atoms with Crippen molar-refractivity contribution < 1.29 is 19.1 Å². The fourth-order valence-corrected chi connectivity index (χ4v) is 2.00. The summed E-state index contributed by atoms with van der Waals surface area (Å²) in [5.74, 6) is -1.05. The molecule has 3 amide bonds. The summed E-state index contributed by atoms with van der Waals surface area (Å²) in [6.45, 7) is 6.40. The maximum absolute atomic E-state index is 12.3.